The summed E-state index contributed by atoms with van der Waals surface area (Å²) < 4.78 is 26.9. The average molecular weight is 310 g/mol. The van der Waals surface area contributed by atoms with Gasteiger partial charge in [-0.2, -0.15) is 0 Å². The Balaban J connectivity index is 2.15. The van der Waals surface area contributed by atoms with Crippen LogP contribution in [0.2, 0.25) is 0 Å². The van der Waals surface area contributed by atoms with Crippen molar-refractivity contribution >= 4 is 12.1 Å². The van der Waals surface area contributed by atoms with E-state index in [9.17, 15) is 13.6 Å². The van der Waals surface area contributed by atoms with Crippen LogP contribution >= 0.6 is 0 Å². The molecule has 1 saturated heterocycles. The van der Waals surface area contributed by atoms with Crippen LogP contribution in [-0.2, 0) is 4.79 Å². The van der Waals surface area contributed by atoms with Gasteiger partial charge < -0.3 is 10.1 Å². The van der Waals surface area contributed by atoms with Crippen molar-refractivity contribution in [2.24, 2.45) is 11.1 Å². The van der Waals surface area contributed by atoms with E-state index in [1.807, 2.05) is 0 Å². The highest BCUT2D eigenvalue weighted by molar-refractivity contribution is 5.83. The number of oxime groups is 1. The van der Waals surface area contributed by atoms with E-state index in [1.54, 1.807) is 18.7 Å². The maximum absolute atomic E-state index is 13.9. The lowest BCUT2D eigenvalue weighted by Gasteiger charge is -2.28. The zero-order valence-corrected chi connectivity index (χ0v) is 12.7. The number of halogens is 2. The quantitative estimate of drug-likeness (QED) is 0.527. The summed E-state index contributed by atoms with van der Waals surface area (Å²) in [5, 5.41) is 11.7. The van der Waals surface area contributed by atoms with E-state index >= 15 is 0 Å². The number of nitrogens with zero attached hydrogens (tertiary/aromatic N) is 2. The SMILES string of the molecule is C[C@@H](C(=O)N1CCC[C@H]1/C=N/O)[C@@H](C)c1ccc(F)cc1F. The molecule has 1 aromatic rings. The van der Waals surface area contributed by atoms with Gasteiger partial charge in [0, 0.05) is 18.5 Å². The predicted molar refractivity (Wildman–Crippen MR) is 79.0 cm³/mol. The zero-order chi connectivity index (χ0) is 16.3. The summed E-state index contributed by atoms with van der Waals surface area (Å²) in [5.74, 6) is -2.21. The van der Waals surface area contributed by atoms with Crippen LogP contribution in [0.4, 0.5) is 8.78 Å². The third-order valence-corrected chi connectivity index (χ3v) is 4.41. The molecule has 0 radical (unpaired) electrons. The minimum absolute atomic E-state index is 0.112. The van der Waals surface area contributed by atoms with Gasteiger partial charge in [0.05, 0.1) is 12.3 Å². The van der Waals surface area contributed by atoms with Crippen molar-refractivity contribution in [1.29, 1.82) is 0 Å². The summed E-state index contributed by atoms with van der Waals surface area (Å²) in [6.07, 6.45) is 2.94. The molecule has 0 saturated carbocycles. The molecule has 3 atom stereocenters. The molecule has 1 aliphatic rings. The highest BCUT2D eigenvalue weighted by atomic mass is 19.1. The number of rotatable bonds is 4. The fourth-order valence-electron chi connectivity index (χ4n) is 2.91. The first kappa shape index (κ1) is 16.4. The molecule has 120 valence electrons. The monoisotopic (exact) mass is 310 g/mol. The van der Waals surface area contributed by atoms with Crippen molar-refractivity contribution in [3.8, 4) is 0 Å². The smallest absolute Gasteiger partial charge is 0.226 e. The van der Waals surface area contributed by atoms with Crippen LogP contribution in [0, 0.1) is 17.6 Å². The molecular formula is C16H20F2N2O2. The third kappa shape index (κ3) is 3.26. The normalized spacial score (nSPS) is 21.3. The largest absolute Gasteiger partial charge is 0.411 e. The highest BCUT2D eigenvalue weighted by Crippen LogP contribution is 2.30. The topological polar surface area (TPSA) is 52.9 Å². The summed E-state index contributed by atoms with van der Waals surface area (Å²) in [4.78, 5) is 14.3. The molecule has 1 amide bonds. The molecule has 22 heavy (non-hydrogen) atoms. The molecule has 1 fully saturated rings. The Labute approximate surface area is 128 Å². The minimum atomic E-state index is -0.637. The first-order valence-electron chi connectivity index (χ1n) is 7.38. The summed E-state index contributed by atoms with van der Waals surface area (Å²) >= 11 is 0. The zero-order valence-electron chi connectivity index (χ0n) is 12.7. The van der Waals surface area contributed by atoms with Crippen molar-refractivity contribution in [2.45, 2.75) is 38.6 Å². The van der Waals surface area contributed by atoms with E-state index < -0.39 is 17.6 Å². The van der Waals surface area contributed by atoms with Crippen molar-refractivity contribution in [3.63, 3.8) is 0 Å². The van der Waals surface area contributed by atoms with Crippen molar-refractivity contribution in [1.82, 2.24) is 4.90 Å². The van der Waals surface area contributed by atoms with Crippen molar-refractivity contribution in [3.05, 3.63) is 35.4 Å². The van der Waals surface area contributed by atoms with Crippen molar-refractivity contribution < 1.29 is 18.8 Å². The van der Waals surface area contributed by atoms with Gasteiger partial charge in [-0.3, -0.25) is 4.79 Å². The second-order valence-corrected chi connectivity index (χ2v) is 5.75. The third-order valence-electron chi connectivity index (χ3n) is 4.41. The van der Waals surface area contributed by atoms with Gasteiger partial charge in [-0.1, -0.05) is 25.1 Å². The van der Waals surface area contributed by atoms with Crippen LogP contribution in [0.5, 0.6) is 0 Å². The van der Waals surface area contributed by atoms with E-state index in [2.05, 4.69) is 5.16 Å². The Bertz CT molecular complexity index is 577. The molecule has 2 rings (SSSR count). The Kier molecular flexibility index (Phi) is 5.11. The standard InChI is InChI=1S/C16H20F2N2O2/c1-10(14-6-5-12(17)8-15(14)18)11(2)16(21)20-7-3-4-13(20)9-19-22/h5-6,8-11,13,22H,3-4,7H2,1-2H3/b19-9+/t10-,11-,13+/m1/s1. The molecule has 1 N–H and O–H groups in total. The van der Waals surface area contributed by atoms with Crippen molar-refractivity contribution in [2.75, 3.05) is 6.54 Å². The number of benzene rings is 1. The van der Waals surface area contributed by atoms with Crippen LogP contribution in [0.15, 0.2) is 23.4 Å². The predicted octanol–water partition coefficient (Wildman–Crippen LogP) is 3.16. The molecule has 1 aliphatic heterocycles. The van der Waals surface area contributed by atoms with E-state index in [0.717, 1.165) is 18.9 Å². The number of carbonyl (C=O) groups is 1. The number of hydrogen-bond donors (Lipinski definition) is 1. The summed E-state index contributed by atoms with van der Waals surface area (Å²) in [6, 6.07) is 3.20. The molecular weight excluding hydrogens is 290 g/mol. The van der Waals surface area contributed by atoms with Gasteiger partial charge >= 0.3 is 0 Å². The van der Waals surface area contributed by atoms with Crippen LogP contribution < -0.4 is 0 Å². The van der Waals surface area contributed by atoms with Crippen LogP contribution in [-0.4, -0.2) is 34.8 Å². The summed E-state index contributed by atoms with van der Waals surface area (Å²) in [6.45, 7) is 4.09. The Morgan fingerprint density at radius 1 is 1.45 bits per heavy atom. The van der Waals surface area contributed by atoms with E-state index in [-0.39, 0.29) is 17.9 Å². The first-order chi connectivity index (χ1) is 10.5. The van der Waals surface area contributed by atoms with Crippen LogP contribution in [0.1, 0.15) is 38.2 Å². The maximum atomic E-state index is 13.9. The van der Waals surface area contributed by atoms with E-state index in [1.165, 1.54) is 18.3 Å². The Morgan fingerprint density at radius 2 is 2.18 bits per heavy atom. The van der Waals surface area contributed by atoms with Crippen LogP contribution in [0.25, 0.3) is 0 Å². The molecule has 0 spiro atoms. The lowest BCUT2D eigenvalue weighted by atomic mass is 9.87. The highest BCUT2D eigenvalue weighted by Gasteiger charge is 2.33. The van der Waals surface area contributed by atoms with E-state index in [4.69, 9.17) is 5.21 Å². The average Bonchev–Trinajstić information content (AvgIpc) is 2.93. The molecule has 4 nitrogen and oxygen atoms in total. The van der Waals surface area contributed by atoms with Gasteiger partial charge in [0.1, 0.15) is 11.6 Å². The first-order valence-corrected chi connectivity index (χ1v) is 7.38. The molecule has 6 heteroatoms. The van der Waals surface area contributed by atoms with Gasteiger partial charge in [-0.25, -0.2) is 8.78 Å². The molecule has 0 unspecified atom stereocenters. The lowest BCUT2D eigenvalue weighted by molar-refractivity contribution is -0.135. The Hall–Kier alpha value is -1.98. The molecule has 0 aliphatic carbocycles. The van der Waals surface area contributed by atoms with Gasteiger partial charge in [0.15, 0.2) is 0 Å². The summed E-state index contributed by atoms with van der Waals surface area (Å²) in [5.41, 5.74) is 0.328. The molecule has 1 heterocycles. The van der Waals surface area contributed by atoms with Crippen LogP contribution in [0.3, 0.4) is 0 Å². The second-order valence-electron chi connectivity index (χ2n) is 5.75. The summed E-state index contributed by atoms with van der Waals surface area (Å²) in [7, 11) is 0. The van der Waals surface area contributed by atoms with Gasteiger partial charge in [-0.15, -0.1) is 0 Å². The number of carbonyl (C=O) groups excluding carboxylic acids is 1. The molecule has 0 aromatic heterocycles. The van der Waals surface area contributed by atoms with Gasteiger partial charge in [-0.05, 0) is 30.4 Å². The minimum Gasteiger partial charge on any atom is -0.411 e. The number of likely N-dealkylation sites (tertiary alicyclic amines) is 1. The number of amides is 1. The molecule has 1 aromatic carbocycles. The fourth-order valence-corrected chi connectivity index (χ4v) is 2.91. The maximum Gasteiger partial charge on any atom is 0.226 e. The number of hydrogen-bond acceptors (Lipinski definition) is 3. The molecule has 0 bridgehead atoms. The Morgan fingerprint density at radius 3 is 2.82 bits per heavy atom. The fraction of sp³-hybridized carbons (Fsp3) is 0.500. The van der Waals surface area contributed by atoms with Gasteiger partial charge in [0.2, 0.25) is 5.91 Å². The van der Waals surface area contributed by atoms with E-state index in [0.29, 0.717) is 12.1 Å². The lowest BCUT2D eigenvalue weighted by Crippen LogP contribution is -2.41. The second kappa shape index (κ2) is 6.85. The van der Waals surface area contributed by atoms with Gasteiger partial charge in [0.25, 0.3) is 0 Å².